The Hall–Kier alpha value is -9.82. The molecule has 13 nitrogen and oxygen atoms in total. The van der Waals surface area contributed by atoms with Crippen LogP contribution < -0.4 is 21.3 Å². The van der Waals surface area contributed by atoms with Crippen LogP contribution in [-0.2, 0) is 34.5 Å². The third-order valence-electron chi connectivity index (χ3n) is 15.2. The topological polar surface area (TPSA) is 163 Å². The van der Waals surface area contributed by atoms with Gasteiger partial charge in [-0.25, -0.2) is 14.7 Å². The van der Waals surface area contributed by atoms with Crippen LogP contribution in [0.1, 0.15) is 67.7 Å². The van der Waals surface area contributed by atoms with Crippen LogP contribution in [-0.4, -0.2) is 75.9 Å². The number of fused-ring (bicyclic) bond motifs is 4. The van der Waals surface area contributed by atoms with E-state index in [1.165, 1.54) is 5.56 Å². The molecule has 3 aliphatic rings. The Balaban J connectivity index is 0.000000180. The molecule has 6 heterocycles. The molecule has 0 fully saturated rings. The number of hydrogen-bond donors (Lipinski definition) is 4. The first-order chi connectivity index (χ1) is 39.9. The molecule has 0 saturated heterocycles. The van der Waals surface area contributed by atoms with Gasteiger partial charge in [-0.3, -0.25) is 24.5 Å². The van der Waals surface area contributed by atoms with Crippen molar-refractivity contribution < 1.29 is 9.59 Å². The van der Waals surface area contributed by atoms with Gasteiger partial charge in [-0.1, -0.05) is 158 Å². The molecule has 0 unspecified atom stereocenters. The third kappa shape index (κ3) is 10.4. The molecule has 13 heteroatoms. The SMILES string of the molecule is CNC[C@@H](NC(=O)C1=Nc2cc3c(-c4ccncc4)nn(C(c4ccccc4)(c4ccccc4)c4ccccc4)c3cc2C1)c1ccccc1.CNC[C@@H](NC(=O)C1=Nc2cc3c(cc2C1)CN=C3c1ccncc1)c1ccccc1. The zero-order valence-corrected chi connectivity index (χ0v) is 45.0. The lowest BCUT2D eigenvalue weighted by atomic mass is 9.77. The lowest BCUT2D eigenvalue weighted by Gasteiger charge is -2.37. The van der Waals surface area contributed by atoms with Gasteiger partial charge in [-0.15, -0.1) is 0 Å². The minimum absolute atomic E-state index is 0.111. The van der Waals surface area contributed by atoms with E-state index in [-0.39, 0.29) is 23.9 Å². The van der Waals surface area contributed by atoms with Gasteiger partial charge in [0.25, 0.3) is 11.8 Å². The van der Waals surface area contributed by atoms with Crippen LogP contribution in [0, 0.1) is 0 Å². The van der Waals surface area contributed by atoms with Gasteiger partial charge in [0.1, 0.15) is 22.7 Å². The number of carbonyl (C=O) groups is 2. The highest BCUT2D eigenvalue weighted by molar-refractivity contribution is 6.41. The van der Waals surface area contributed by atoms with E-state index in [2.05, 4.69) is 138 Å². The molecule has 10 aromatic rings. The minimum Gasteiger partial charge on any atom is -0.343 e. The fraction of sp³-hybridized carbons (Fsp3) is 0.147. The van der Waals surface area contributed by atoms with Crippen LogP contribution in [0.4, 0.5) is 11.4 Å². The van der Waals surface area contributed by atoms with Crippen LogP contribution in [0.25, 0.3) is 22.2 Å². The van der Waals surface area contributed by atoms with Gasteiger partial charge >= 0.3 is 0 Å². The highest BCUT2D eigenvalue weighted by Gasteiger charge is 2.41. The summed E-state index contributed by atoms with van der Waals surface area (Å²) in [6.45, 7) is 1.90. The molecular weight excluding hydrogens is 1000 g/mol. The number of nitrogens with one attached hydrogen (secondary N) is 4. The van der Waals surface area contributed by atoms with Gasteiger partial charge in [-0.05, 0) is 101 Å². The number of benzene rings is 7. The molecule has 2 amide bonds. The molecular formula is C68H59N11O2. The average Bonchev–Trinajstić information content (AvgIpc) is 4.47. The quantitative estimate of drug-likeness (QED) is 0.0700. The van der Waals surface area contributed by atoms with Crippen LogP contribution in [0.3, 0.4) is 0 Å². The Morgan fingerprint density at radius 1 is 0.519 bits per heavy atom. The summed E-state index contributed by atoms with van der Waals surface area (Å²) in [6.07, 6.45) is 8.10. The molecule has 3 aliphatic heterocycles. The van der Waals surface area contributed by atoms with Gasteiger partial charge in [0.15, 0.2) is 0 Å². The van der Waals surface area contributed by atoms with E-state index < -0.39 is 5.54 Å². The number of aromatic nitrogens is 4. The summed E-state index contributed by atoms with van der Waals surface area (Å²) in [5, 5.41) is 19.2. The third-order valence-corrected chi connectivity index (χ3v) is 15.2. The first-order valence-corrected chi connectivity index (χ1v) is 27.3. The van der Waals surface area contributed by atoms with Crippen LogP contribution in [0.2, 0.25) is 0 Å². The van der Waals surface area contributed by atoms with Crippen molar-refractivity contribution >= 4 is 51.2 Å². The number of amides is 2. The van der Waals surface area contributed by atoms with Crippen LogP contribution >= 0.6 is 0 Å². The maximum absolute atomic E-state index is 13.8. The monoisotopic (exact) mass is 1060 g/mol. The number of pyridine rings is 2. The maximum Gasteiger partial charge on any atom is 0.266 e. The summed E-state index contributed by atoms with van der Waals surface area (Å²) in [6, 6.07) is 67.8. The second kappa shape index (κ2) is 23.3. The molecule has 3 aromatic heterocycles. The van der Waals surface area contributed by atoms with Crippen molar-refractivity contribution in [1.82, 2.24) is 41.0 Å². The average molecular weight is 1060 g/mol. The van der Waals surface area contributed by atoms with Gasteiger partial charge in [0.05, 0.1) is 41.2 Å². The van der Waals surface area contributed by atoms with Crippen LogP contribution in [0.15, 0.2) is 240 Å². The molecule has 2 atom stereocenters. The Labute approximate surface area is 470 Å². The molecule has 0 aliphatic carbocycles. The standard InChI is InChI=1S/C43H36N6O.C25H23N5O/c1-44-29-39(30-14-6-2-7-15-30)47-42(50)38-26-32-27-40-36(28-37(32)46-38)41(31-22-24-45-25-23-31)48-49(40)43(33-16-8-3-9-17-33,34-18-10-4-11-19-34)35-20-12-5-13-21-35;1-26-15-23(16-5-3-2-4-6-16)30-25(31)22-12-18-11-19-14-28-24(17-7-9-27-10-8-17)20(19)13-21(18)29-22/h2-25,27-28,39,44H,26,29H2,1H3,(H,47,50);2-11,13,23,26H,12,14-15H2,1H3,(H,30,31)/t39-;23-/m11/s1. The normalized spacial score (nSPS) is 13.8. The van der Waals surface area contributed by atoms with Crippen molar-refractivity contribution in [1.29, 1.82) is 0 Å². The van der Waals surface area contributed by atoms with E-state index in [0.29, 0.717) is 43.9 Å². The highest BCUT2D eigenvalue weighted by atomic mass is 16.2. The number of aliphatic imine (C=N–C) groups is 3. The summed E-state index contributed by atoms with van der Waals surface area (Å²) >= 11 is 0. The smallest absolute Gasteiger partial charge is 0.266 e. The fourth-order valence-corrected chi connectivity index (χ4v) is 11.4. The first kappa shape index (κ1) is 51.9. The second-order valence-corrected chi connectivity index (χ2v) is 20.3. The van der Waals surface area contributed by atoms with Crippen LogP contribution in [0.5, 0.6) is 0 Å². The lowest BCUT2D eigenvalue weighted by molar-refractivity contribution is -0.116. The van der Waals surface area contributed by atoms with E-state index in [0.717, 1.165) is 89.3 Å². The molecule has 0 saturated carbocycles. The molecule has 0 radical (unpaired) electrons. The number of carbonyl (C=O) groups excluding carboxylic acids is 2. The number of hydrogen-bond acceptors (Lipinski definition) is 10. The Morgan fingerprint density at radius 3 is 1.44 bits per heavy atom. The highest BCUT2D eigenvalue weighted by Crippen LogP contribution is 2.46. The largest absolute Gasteiger partial charge is 0.343 e. The Morgan fingerprint density at radius 2 is 0.963 bits per heavy atom. The van der Waals surface area contributed by atoms with E-state index in [4.69, 9.17) is 15.1 Å². The molecule has 398 valence electrons. The molecule has 0 bridgehead atoms. The van der Waals surface area contributed by atoms with Gasteiger partial charge in [0.2, 0.25) is 0 Å². The molecule has 7 aromatic carbocycles. The molecule has 13 rings (SSSR count). The summed E-state index contributed by atoms with van der Waals surface area (Å²) in [4.78, 5) is 49.5. The van der Waals surface area contributed by atoms with E-state index >= 15 is 0 Å². The fourth-order valence-electron chi connectivity index (χ4n) is 11.4. The molecule has 4 N–H and O–H groups in total. The number of likely N-dealkylation sites (N-methyl/N-ethyl adjacent to an activating group) is 2. The number of rotatable bonds is 16. The van der Waals surface area contributed by atoms with E-state index in [1.807, 2.05) is 117 Å². The molecule has 0 spiro atoms. The van der Waals surface area contributed by atoms with Crippen molar-refractivity contribution in [2.75, 3.05) is 27.2 Å². The number of nitrogens with zero attached hydrogens (tertiary/aromatic N) is 7. The minimum atomic E-state index is -0.822. The predicted octanol–water partition coefficient (Wildman–Crippen LogP) is 10.8. The van der Waals surface area contributed by atoms with Crippen molar-refractivity contribution in [3.05, 3.63) is 281 Å². The van der Waals surface area contributed by atoms with Gasteiger partial charge < -0.3 is 21.3 Å². The van der Waals surface area contributed by atoms with Crippen molar-refractivity contribution in [3.63, 3.8) is 0 Å². The zero-order chi connectivity index (χ0) is 55.1. The van der Waals surface area contributed by atoms with Crippen molar-refractivity contribution in [3.8, 4) is 11.3 Å². The summed E-state index contributed by atoms with van der Waals surface area (Å²) in [7, 11) is 3.77. The predicted molar refractivity (Wildman–Crippen MR) is 322 cm³/mol. The zero-order valence-electron chi connectivity index (χ0n) is 45.0. The van der Waals surface area contributed by atoms with Crippen molar-refractivity contribution in [2.45, 2.75) is 37.0 Å². The summed E-state index contributed by atoms with van der Waals surface area (Å²) in [5.74, 6) is -0.291. The summed E-state index contributed by atoms with van der Waals surface area (Å²) < 4.78 is 2.18. The lowest BCUT2D eigenvalue weighted by Crippen LogP contribution is -2.38. The second-order valence-electron chi connectivity index (χ2n) is 20.3. The Bertz CT molecular complexity index is 3870. The van der Waals surface area contributed by atoms with Gasteiger partial charge in [0, 0.05) is 72.8 Å². The summed E-state index contributed by atoms with van der Waals surface area (Å²) in [5.41, 5.74) is 16.3. The first-order valence-electron chi connectivity index (χ1n) is 27.3. The van der Waals surface area contributed by atoms with E-state index in [1.54, 1.807) is 24.8 Å². The van der Waals surface area contributed by atoms with Crippen molar-refractivity contribution in [2.24, 2.45) is 15.0 Å². The maximum atomic E-state index is 13.8. The Kier molecular flexibility index (Phi) is 14.9. The molecule has 81 heavy (non-hydrogen) atoms. The van der Waals surface area contributed by atoms with E-state index in [9.17, 15) is 9.59 Å². The van der Waals surface area contributed by atoms with Gasteiger partial charge in [-0.2, -0.15) is 5.10 Å².